The number of carboxylic acid groups (broad SMARTS) is 1. The van der Waals surface area contributed by atoms with Crippen LogP contribution >= 0.6 is 11.8 Å². The summed E-state index contributed by atoms with van der Waals surface area (Å²) in [6, 6.07) is 12.6. The molecule has 8 heteroatoms. The van der Waals surface area contributed by atoms with Crippen molar-refractivity contribution in [2.45, 2.75) is 38.8 Å². The van der Waals surface area contributed by atoms with E-state index in [2.05, 4.69) is 10.6 Å². The second-order valence-corrected chi connectivity index (χ2v) is 8.22. The second kappa shape index (κ2) is 13.6. The molecule has 30 heavy (non-hydrogen) atoms. The fourth-order valence-electron chi connectivity index (χ4n) is 2.89. The highest BCUT2D eigenvalue weighted by molar-refractivity contribution is 7.98. The topological polar surface area (TPSA) is 122 Å². The van der Waals surface area contributed by atoms with Gasteiger partial charge in [0.2, 0.25) is 11.8 Å². The van der Waals surface area contributed by atoms with Gasteiger partial charge >= 0.3 is 0 Å². The van der Waals surface area contributed by atoms with Gasteiger partial charge in [-0.1, -0.05) is 44.2 Å². The van der Waals surface area contributed by atoms with E-state index in [1.54, 1.807) is 11.8 Å². The Hall–Kier alpha value is -2.58. The van der Waals surface area contributed by atoms with E-state index < -0.39 is 12.1 Å². The van der Waals surface area contributed by atoms with Gasteiger partial charge in [0, 0.05) is 5.69 Å². The molecule has 5 N–H and O–H groups in total. The molecule has 2 aromatic rings. The summed E-state index contributed by atoms with van der Waals surface area (Å²) >= 11 is 1.64. The van der Waals surface area contributed by atoms with E-state index in [4.69, 9.17) is 15.6 Å². The standard InChI is InChI=1S/C21H29N3O2S.CH2O2/c1-14(2)12-18(22)20(25)24-19(10-11-27-3)21(26)23-17-9-8-15-6-4-5-7-16(15)13-17;2-1-3/h4-9,13-14,18-19H,10-12,22H2,1-3H3,(H,23,26)(H,24,25);1H,(H,2,3)/t18-,19-;/m0./s1. The summed E-state index contributed by atoms with van der Waals surface area (Å²) < 4.78 is 0. The van der Waals surface area contributed by atoms with E-state index in [0.29, 0.717) is 24.4 Å². The van der Waals surface area contributed by atoms with Crippen molar-refractivity contribution in [2.75, 3.05) is 17.3 Å². The molecule has 0 heterocycles. The molecule has 0 unspecified atom stereocenters. The van der Waals surface area contributed by atoms with Gasteiger partial charge in [-0.15, -0.1) is 0 Å². The third kappa shape index (κ3) is 8.84. The summed E-state index contributed by atoms with van der Waals surface area (Å²) in [6.45, 7) is 3.79. The Morgan fingerprint density at radius 3 is 2.37 bits per heavy atom. The summed E-state index contributed by atoms with van der Waals surface area (Å²) in [5.41, 5.74) is 6.68. The number of rotatable bonds is 9. The molecule has 0 radical (unpaired) electrons. The average Bonchev–Trinajstić information content (AvgIpc) is 2.70. The molecule has 0 spiro atoms. The third-order valence-electron chi connectivity index (χ3n) is 4.32. The minimum absolute atomic E-state index is 0.218. The number of benzene rings is 2. The number of hydrogen-bond acceptors (Lipinski definition) is 5. The van der Waals surface area contributed by atoms with Gasteiger partial charge in [0.15, 0.2) is 0 Å². The predicted molar refractivity (Wildman–Crippen MR) is 124 cm³/mol. The lowest BCUT2D eigenvalue weighted by molar-refractivity contribution is -0.127. The largest absolute Gasteiger partial charge is 0.483 e. The minimum Gasteiger partial charge on any atom is -0.483 e. The van der Waals surface area contributed by atoms with E-state index in [0.717, 1.165) is 16.5 Å². The smallest absolute Gasteiger partial charge is 0.290 e. The summed E-state index contributed by atoms with van der Waals surface area (Å²) in [4.78, 5) is 33.5. The number of carbonyl (C=O) groups is 3. The van der Waals surface area contributed by atoms with Crippen molar-refractivity contribution in [3.05, 3.63) is 42.5 Å². The van der Waals surface area contributed by atoms with Crippen LogP contribution in [0.1, 0.15) is 26.7 Å². The SMILES string of the molecule is CSCC[C@H](NC(=O)[C@@H](N)CC(C)C)C(=O)Nc1ccc2ccccc2c1.O=CO. The molecular weight excluding hydrogens is 402 g/mol. The molecule has 2 amide bonds. The number of nitrogens with two attached hydrogens (primary N) is 1. The average molecular weight is 434 g/mol. The Morgan fingerprint density at radius 2 is 1.77 bits per heavy atom. The van der Waals surface area contributed by atoms with Crippen molar-refractivity contribution in [2.24, 2.45) is 11.7 Å². The number of nitrogens with one attached hydrogen (secondary N) is 2. The monoisotopic (exact) mass is 433 g/mol. The van der Waals surface area contributed by atoms with Crippen LogP contribution in [0.15, 0.2) is 42.5 Å². The Kier molecular flexibility index (Phi) is 11.5. The van der Waals surface area contributed by atoms with Crippen molar-refractivity contribution in [1.82, 2.24) is 5.32 Å². The minimum atomic E-state index is -0.602. The molecule has 0 aliphatic rings. The van der Waals surface area contributed by atoms with Gasteiger partial charge in [0.1, 0.15) is 6.04 Å². The number of amides is 2. The van der Waals surface area contributed by atoms with Crippen molar-refractivity contribution in [3.8, 4) is 0 Å². The molecule has 2 atom stereocenters. The van der Waals surface area contributed by atoms with Crippen molar-refractivity contribution in [3.63, 3.8) is 0 Å². The van der Waals surface area contributed by atoms with Crippen LogP contribution in [0, 0.1) is 5.92 Å². The van der Waals surface area contributed by atoms with Crippen LogP contribution in [0.5, 0.6) is 0 Å². The van der Waals surface area contributed by atoms with Gasteiger partial charge in [-0.2, -0.15) is 11.8 Å². The molecular formula is C22H31N3O4S. The summed E-state index contributed by atoms with van der Waals surface area (Å²) in [6.07, 6.45) is 3.12. The van der Waals surface area contributed by atoms with Crippen LogP contribution in [0.3, 0.4) is 0 Å². The number of thioether (sulfide) groups is 1. The van der Waals surface area contributed by atoms with Crippen LogP contribution < -0.4 is 16.4 Å². The number of anilines is 1. The van der Waals surface area contributed by atoms with Gasteiger partial charge < -0.3 is 21.5 Å². The first-order chi connectivity index (χ1) is 14.3. The molecule has 0 aliphatic heterocycles. The lowest BCUT2D eigenvalue weighted by Gasteiger charge is -2.21. The molecule has 0 aliphatic carbocycles. The highest BCUT2D eigenvalue weighted by Crippen LogP contribution is 2.19. The maximum Gasteiger partial charge on any atom is 0.290 e. The van der Waals surface area contributed by atoms with E-state index in [1.807, 2.05) is 62.6 Å². The molecule has 0 saturated carbocycles. The number of carbonyl (C=O) groups excluding carboxylic acids is 2. The first-order valence-electron chi connectivity index (χ1n) is 9.74. The molecule has 0 saturated heterocycles. The van der Waals surface area contributed by atoms with Crippen LogP contribution in [0.2, 0.25) is 0 Å². The molecule has 2 aromatic carbocycles. The van der Waals surface area contributed by atoms with Crippen molar-refractivity contribution >= 4 is 46.5 Å². The number of fused-ring (bicyclic) bond motifs is 1. The zero-order valence-corrected chi connectivity index (χ0v) is 18.4. The highest BCUT2D eigenvalue weighted by atomic mass is 32.2. The summed E-state index contributed by atoms with van der Waals surface area (Å²) in [7, 11) is 0. The summed E-state index contributed by atoms with van der Waals surface area (Å²) in [5, 5.41) is 14.8. The molecule has 0 bridgehead atoms. The van der Waals surface area contributed by atoms with Gasteiger partial charge in [0.05, 0.1) is 6.04 Å². The zero-order chi connectivity index (χ0) is 22.5. The summed E-state index contributed by atoms with van der Waals surface area (Å²) in [5.74, 6) is 0.602. The lowest BCUT2D eigenvalue weighted by atomic mass is 10.0. The Morgan fingerprint density at radius 1 is 1.13 bits per heavy atom. The molecule has 164 valence electrons. The predicted octanol–water partition coefficient (Wildman–Crippen LogP) is 3.09. The van der Waals surface area contributed by atoms with E-state index in [9.17, 15) is 9.59 Å². The number of hydrogen-bond donors (Lipinski definition) is 4. The van der Waals surface area contributed by atoms with Gasteiger partial charge in [-0.25, -0.2) is 0 Å². The van der Waals surface area contributed by atoms with Crippen molar-refractivity contribution in [1.29, 1.82) is 0 Å². The van der Waals surface area contributed by atoms with E-state index in [1.165, 1.54) is 0 Å². The van der Waals surface area contributed by atoms with E-state index in [-0.39, 0.29) is 18.3 Å². The molecule has 2 rings (SSSR count). The first kappa shape index (κ1) is 25.5. The van der Waals surface area contributed by atoms with Crippen molar-refractivity contribution < 1.29 is 19.5 Å². The first-order valence-corrected chi connectivity index (χ1v) is 11.1. The quantitative estimate of drug-likeness (QED) is 0.451. The lowest BCUT2D eigenvalue weighted by Crippen LogP contribution is -2.50. The second-order valence-electron chi connectivity index (χ2n) is 7.24. The molecule has 0 fully saturated rings. The normalized spacial score (nSPS) is 12.4. The third-order valence-corrected chi connectivity index (χ3v) is 4.97. The Bertz CT molecular complexity index is 829. The molecule has 0 aromatic heterocycles. The molecule has 7 nitrogen and oxygen atoms in total. The highest BCUT2D eigenvalue weighted by Gasteiger charge is 2.24. The van der Waals surface area contributed by atoms with Gasteiger partial charge in [0.25, 0.3) is 6.47 Å². The van der Waals surface area contributed by atoms with Crippen LogP contribution in [0.4, 0.5) is 5.69 Å². The van der Waals surface area contributed by atoms with Crippen LogP contribution in [-0.4, -0.2) is 47.5 Å². The van der Waals surface area contributed by atoms with Crippen LogP contribution in [-0.2, 0) is 14.4 Å². The Balaban J connectivity index is 0.00000141. The maximum absolute atomic E-state index is 12.8. The Labute approximate surface area is 181 Å². The van der Waals surface area contributed by atoms with Gasteiger partial charge in [-0.05, 0) is 53.7 Å². The fraction of sp³-hybridized carbons (Fsp3) is 0.409. The zero-order valence-electron chi connectivity index (χ0n) is 17.6. The van der Waals surface area contributed by atoms with Crippen LogP contribution in [0.25, 0.3) is 10.8 Å². The maximum atomic E-state index is 12.8. The fourth-order valence-corrected chi connectivity index (χ4v) is 3.37. The van der Waals surface area contributed by atoms with E-state index >= 15 is 0 Å². The van der Waals surface area contributed by atoms with Gasteiger partial charge in [-0.3, -0.25) is 14.4 Å².